The average Bonchev–Trinajstić information content (AvgIpc) is 2.77. The van der Waals surface area contributed by atoms with E-state index < -0.39 is 21.8 Å². The summed E-state index contributed by atoms with van der Waals surface area (Å²) in [6.07, 6.45) is 0. The van der Waals surface area contributed by atoms with Gasteiger partial charge in [0.15, 0.2) is 0 Å². The Labute approximate surface area is 150 Å². The number of benzene rings is 2. The maximum absolute atomic E-state index is 12.2. The lowest BCUT2D eigenvalue weighted by molar-refractivity contribution is -0.119. The first-order valence-corrected chi connectivity index (χ1v) is 9.50. The van der Waals surface area contributed by atoms with E-state index in [0.29, 0.717) is 16.3 Å². The van der Waals surface area contributed by atoms with Crippen LogP contribution in [-0.2, 0) is 14.8 Å². The topological polar surface area (TPSA) is 83.6 Å². The van der Waals surface area contributed by atoms with Crippen LogP contribution in [0.5, 0.6) is 0 Å². The molecule has 1 aliphatic rings. The van der Waals surface area contributed by atoms with Crippen molar-refractivity contribution in [3.8, 4) is 0 Å². The molecular formula is C17H15ClN2O4S. The van der Waals surface area contributed by atoms with Crippen LogP contribution < -0.4 is 9.62 Å². The van der Waals surface area contributed by atoms with Gasteiger partial charge in [0.2, 0.25) is 15.9 Å². The Morgan fingerprint density at radius 1 is 1.12 bits per heavy atom. The first-order valence-electron chi connectivity index (χ1n) is 7.52. The van der Waals surface area contributed by atoms with Crippen LogP contribution in [0.1, 0.15) is 17.3 Å². The van der Waals surface area contributed by atoms with E-state index >= 15 is 0 Å². The van der Waals surface area contributed by atoms with Gasteiger partial charge in [0.25, 0.3) is 5.91 Å². The van der Waals surface area contributed by atoms with Crippen LogP contribution in [0.3, 0.4) is 0 Å². The predicted molar refractivity (Wildman–Crippen MR) is 96.3 cm³/mol. The number of nitrogens with one attached hydrogen (secondary N) is 1. The molecule has 0 spiro atoms. The number of sulfonamides is 1. The molecule has 1 N–H and O–H groups in total. The molecule has 2 aromatic rings. The van der Waals surface area contributed by atoms with Crippen LogP contribution in [0.4, 0.5) is 11.4 Å². The lowest BCUT2D eigenvalue weighted by Crippen LogP contribution is -2.30. The number of carbonyl (C=O) groups excluding carboxylic acids is 2. The molecule has 1 fully saturated rings. The summed E-state index contributed by atoms with van der Waals surface area (Å²) in [4.78, 5) is 24.3. The summed E-state index contributed by atoms with van der Waals surface area (Å²) < 4.78 is 25.0. The molecule has 0 saturated carbocycles. The number of amides is 2. The van der Waals surface area contributed by atoms with E-state index in [4.69, 9.17) is 11.6 Å². The van der Waals surface area contributed by atoms with E-state index in [1.807, 2.05) is 0 Å². The van der Waals surface area contributed by atoms with Crippen LogP contribution in [-0.4, -0.2) is 26.0 Å². The molecule has 6 nitrogen and oxygen atoms in total. The van der Waals surface area contributed by atoms with Gasteiger partial charge in [-0.3, -0.25) is 9.59 Å². The molecule has 1 atom stereocenters. The summed E-state index contributed by atoms with van der Waals surface area (Å²) >= 11 is 5.80. The normalized spacial score (nSPS) is 19.0. The van der Waals surface area contributed by atoms with E-state index in [9.17, 15) is 18.0 Å². The zero-order chi connectivity index (χ0) is 18.2. The van der Waals surface area contributed by atoms with Crippen molar-refractivity contribution < 1.29 is 18.0 Å². The van der Waals surface area contributed by atoms with Gasteiger partial charge in [-0.1, -0.05) is 18.5 Å². The van der Waals surface area contributed by atoms with Crippen LogP contribution in [0.2, 0.25) is 5.02 Å². The van der Waals surface area contributed by atoms with Gasteiger partial charge in [0.05, 0.1) is 17.4 Å². The summed E-state index contributed by atoms with van der Waals surface area (Å²) in [6.45, 7) is 1.58. The van der Waals surface area contributed by atoms with Crippen molar-refractivity contribution in [2.75, 3.05) is 15.4 Å². The summed E-state index contributed by atoms with van der Waals surface area (Å²) in [7, 11) is -3.65. The monoisotopic (exact) mass is 378 g/mol. The van der Waals surface area contributed by atoms with Gasteiger partial charge < -0.3 is 5.32 Å². The Morgan fingerprint density at radius 3 is 2.24 bits per heavy atom. The summed E-state index contributed by atoms with van der Waals surface area (Å²) in [5.74, 6) is -1.58. The fraction of sp³-hybridized carbons (Fsp3) is 0.176. The Kier molecular flexibility index (Phi) is 4.53. The molecule has 0 unspecified atom stereocenters. The Morgan fingerprint density at radius 2 is 1.72 bits per heavy atom. The molecule has 0 bridgehead atoms. The van der Waals surface area contributed by atoms with E-state index in [2.05, 4.69) is 5.32 Å². The first-order chi connectivity index (χ1) is 11.8. The summed E-state index contributed by atoms with van der Waals surface area (Å²) in [6, 6.07) is 12.5. The Bertz CT molecular complexity index is 924. The van der Waals surface area contributed by atoms with Gasteiger partial charge in [0.1, 0.15) is 0 Å². The minimum Gasteiger partial charge on any atom is -0.322 e. The maximum Gasteiger partial charge on any atom is 0.255 e. The lowest BCUT2D eigenvalue weighted by atomic mass is 10.1. The zero-order valence-electron chi connectivity index (χ0n) is 13.3. The van der Waals surface area contributed by atoms with E-state index in [1.165, 1.54) is 24.3 Å². The van der Waals surface area contributed by atoms with Gasteiger partial charge in [-0.15, -0.1) is 0 Å². The number of hydrogen-bond acceptors (Lipinski definition) is 4. The van der Waals surface area contributed by atoms with Crippen molar-refractivity contribution in [2.45, 2.75) is 6.92 Å². The minimum absolute atomic E-state index is 0.204. The average molecular weight is 379 g/mol. The first kappa shape index (κ1) is 17.4. The van der Waals surface area contributed by atoms with E-state index in [-0.39, 0.29) is 17.3 Å². The van der Waals surface area contributed by atoms with Crippen LogP contribution in [0.25, 0.3) is 0 Å². The maximum atomic E-state index is 12.2. The van der Waals surface area contributed by atoms with Crippen molar-refractivity contribution in [3.63, 3.8) is 0 Å². The van der Waals surface area contributed by atoms with Crippen molar-refractivity contribution in [3.05, 3.63) is 59.1 Å². The highest BCUT2D eigenvalue weighted by Crippen LogP contribution is 2.28. The third-order valence-electron chi connectivity index (χ3n) is 3.83. The highest BCUT2D eigenvalue weighted by Gasteiger charge is 2.41. The highest BCUT2D eigenvalue weighted by atomic mass is 35.5. The summed E-state index contributed by atoms with van der Waals surface area (Å²) in [5, 5.41) is 3.27. The molecule has 0 radical (unpaired) electrons. The Balaban J connectivity index is 1.79. The number of hydrogen-bond donors (Lipinski definition) is 1. The largest absolute Gasteiger partial charge is 0.322 e. The fourth-order valence-electron chi connectivity index (χ4n) is 2.57. The SMILES string of the molecule is C[C@H]1CS(=O)(=O)N(c2ccc(C(=O)Nc3ccc(Cl)cc3)cc2)C1=O. The van der Waals surface area contributed by atoms with Crippen molar-refractivity contribution >= 4 is 44.8 Å². The number of nitrogens with zero attached hydrogens (tertiary/aromatic N) is 1. The van der Waals surface area contributed by atoms with Crippen molar-refractivity contribution in [2.24, 2.45) is 5.92 Å². The molecule has 0 aromatic heterocycles. The smallest absolute Gasteiger partial charge is 0.255 e. The van der Waals surface area contributed by atoms with Crippen LogP contribution in [0, 0.1) is 5.92 Å². The van der Waals surface area contributed by atoms with Crippen LogP contribution >= 0.6 is 11.6 Å². The number of rotatable bonds is 3. The standard InChI is InChI=1S/C17H15ClN2O4S/c1-11-10-25(23,24)20(17(11)22)15-8-2-12(3-9-15)16(21)19-14-6-4-13(18)5-7-14/h2-9,11H,10H2,1H3,(H,19,21)/t11-/m0/s1. The fourth-order valence-corrected chi connectivity index (χ4v) is 4.52. The number of halogens is 1. The molecule has 2 amide bonds. The van der Waals surface area contributed by atoms with Gasteiger partial charge >= 0.3 is 0 Å². The minimum atomic E-state index is -3.65. The predicted octanol–water partition coefficient (Wildman–Crippen LogP) is 2.90. The van der Waals surface area contributed by atoms with Gasteiger partial charge in [-0.25, -0.2) is 12.7 Å². The Hall–Kier alpha value is -2.38. The molecule has 8 heteroatoms. The molecule has 0 aliphatic carbocycles. The summed E-state index contributed by atoms with van der Waals surface area (Å²) in [5.41, 5.74) is 1.16. The second-order valence-corrected chi connectivity index (χ2v) is 8.09. The number of carbonyl (C=O) groups is 2. The highest BCUT2D eigenvalue weighted by molar-refractivity contribution is 7.94. The third-order valence-corrected chi connectivity index (χ3v) is 5.95. The van der Waals surface area contributed by atoms with Gasteiger partial charge in [-0.2, -0.15) is 0 Å². The zero-order valence-corrected chi connectivity index (χ0v) is 14.8. The molecular weight excluding hydrogens is 364 g/mol. The molecule has 1 aliphatic heterocycles. The van der Waals surface area contributed by atoms with Crippen molar-refractivity contribution in [1.29, 1.82) is 0 Å². The second kappa shape index (κ2) is 6.50. The number of anilines is 2. The molecule has 2 aromatic carbocycles. The van der Waals surface area contributed by atoms with Gasteiger partial charge in [-0.05, 0) is 48.5 Å². The van der Waals surface area contributed by atoms with Crippen LogP contribution in [0.15, 0.2) is 48.5 Å². The molecule has 130 valence electrons. The van der Waals surface area contributed by atoms with E-state index in [0.717, 1.165) is 4.31 Å². The van der Waals surface area contributed by atoms with Gasteiger partial charge in [0, 0.05) is 16.3 Å². The molecule has 25 heavy (non-hydrogen) atoms. The molecule has 1 heterocycles. The van der Waals surface area contributed by atoms with Crippen molar-refractivity contribution in [1.82, 2.24) is 0 Å². The quantitative estimate of drug-likeness (QED) is 0.890. The second-order valence-electron chi connectivity index (χ2n) is 5.79. The molecule has 3 rings (SSSR count). The molecule has 1 saturated heterocycles. The lowest BCUT2D eigenvalue weighted by Gasteiger charge is -2.15. The van der Waals surface area contributed by atoms with E-state index in [1.54, 1.807) is 31.2 Å². The third kappa shape index (κ3) is 3.52.